The zero-order chi connectivity index (χ0) is 8.55. The lowest BCUT2D eigenvalue weighted by molar-refractivity contribution is -0.122. The van der Waals surface area contributed by atoms with Gasteiger partial charge in [-0.25, -0.2) is 5.43 Å². The molecule has 0 spiro atoms. The molecule has 5 nitrogen and oxygen atoms in total. The van der Waals surface area contributed by atoms with Gasteiger partial charge in [0.1, 0.15) is 12.9 Å². The van der Waals surface area contributed by atoms with Crippen LogP contribution in [-0.4, -0.2) is 30.1 Å². The van der Waals surface area contributed by atoms with Crippen LogP contribution in [0, 0.1) is 5.92 Å². The van der Waals surface area contributed by atoms with Gasteiger partial charge in [0.25, 0.3) is 0 Å². The summed E-state index contributed by atoms with van der Waals surface area (Å²) in [6.07, 6.45) is 3.38. The molecule has 5 heteroatoms. The molecule has 3 N–H and O–H groups in total. The van der Waals surface area contributed by atoms with E-state index in [4.69, 9.17) is 10.5 Å². The number of rotatable bonds is 1. The highest BCUT2D eigenvalue weighted by Crippen LogP contribution is 2.19. The van der Waals surface area contributed by atoms with E-state index >= 15 is 0 Å². The first-order valence-electron chi connectivity index (χ1n) is 3.88. The van der Waals surface area contributed by atoms with Gasteiger partial charge in [-0.05, 0) is 0 Å². The van der Waals surface area contributed by atoms with E-state index in [9.17, 15) is 4.79 Å². The minimum Gasteiger partial charge on any atom is -0.497 e. The third-order valence-corrected chi connectivity index (χ3v) is 2.27. The number of nitrogens with two attached hydrogens (primary N) is 1. The molecule has 0 radical (unpaired) electrons. The van der Waals surface area contributed by atoms with Gasteiger partial charge < -0.3 is 15.5 Å². The molecular weight excluding hydrogens is 158 g/mol. The van der Waals surface area contributed by atoms with Crippen molar-refractivity contribution < 1.29 is 9.53 Å². The molecule has 0 bridgehead atoms. The van der Waals surface area contributed by atoms with E-state index in [0.717, 1.165) is 0 Å². The summed E-state index contributed by atoms with van der Waals surface area (Å²) in [5.41, 5.74) is 8.28. The summed E-state index contributed by atoms with van der Waals surface area (Å²) in [5, 5.41) is 1.87. The lowest BCUT2D eigenvalue weighted by atomic mass is 10.0. The first kappa shape index (κ1) is 7.42. The molecule has 0 aromatic heterocycles. The fraction of sp³-hybridized carbons (Fsp3) is 0.571. The third-order valence-electron chi connectivity index (χ3n) is 2.27. The second-order valence-corrected chi connectivity index (χ2v) is 2.96. The average Bonchev–Trinajstić information content (AvgIpc) is 2.47. The maximum atomic E-state index is 10.9. The number of hydrazine groups is 1. The number of nitrogens with one attached hydrogen (secondary N) is 1. The highest BCUT2D eigenvalue weighted by molar-refractivity contribution is 5.78. The van der Waals surface area contributed by atoms with Crippen molar-refractivity contribution >= 4 is 5.91 Å². The third kappa shape index (κ3) is 1.02. The van der Waals surface area contributed by atoms with Gasteiger partial charge in [-0.2, -0.15) is 0 Å². The van der Waals surface area contributed by atoms with Crippen molar-refractivity contribution in [2.45, 2.75) is 6.04 Å². The standard InChI is InChI=1S/C7H11N3O2/c8-7(11)5-3-9-10-1-2-12-4-6(5)10/h1-2,5-6,9H,3-4H2,(H2,8,11). The van der Waals surface area contributed by atoms with Crippen molar-refractivity contribution in [2.24, 2.45) is 11.7 Å². The number of carbonyl (C=O) groups excluding carboxylic acids is 1. The lowest BCUT2D eigenvalue weighted by Gasteiger charge is -2.27. The molecule has 1 amide bonds. The Morgan fingerprint density at radius 3 is 3.33 bits per heavy atom. The summed E-state index contributed by atoms with van der Waals surface area (Å²) in [5.74, 6) is -0.413. The molecule has 12 heavy (non-hydrogen) atoms. The zero-order valence-corrected chi connectivity index (χ0v) is 6.56. The minimum atomic E-state index is -0.270. The van der Waals surface area contributed by atoms with Crippen molar-refractivity contribution in [1.29, 1.82) is 0 Å². The van der Waals surface area contributed by atoms with Crippen molar-refractivity contribution in [3.8, 4) is 0 Å². The van der Waals surface area contributed by atoms with Gasteiger partial charge in [0.2, 0.25) is 5.91 Å². The largest absolute Gasteiger partial charge is 0.497 e. The topological polar surface area (TPSA) is 67.6 Å². The zero-order valence-electron chi connectivity index (χ0n) is 6.56. The number of nitrogens with zero attached hydrogens (tertiary/aromatic N) is 1. The first-order chi connectivity index (χ1) is 5.79. The molecule has 0 aliphatic carbocycles. The van der Waals surface area contributed by atoms with Crippen LogP contribution < -0.4 is 11.2 Å². The first-order valence-corrected chi connectivity index (χ1v) is 3.88. The number of amides is 1. The van der Waals surface area contributed by atoms with Crippen LogP contribution in [0.5, 0.6) is 0 Å². The Morgan fingerprint density at radius 1 is 1.75 bits per heavy atom. The number of primary amides is 1. The van der Waals surface area contributed by atoms with Gasteiger partial charge in [-0.3, -0.25) is 4.79 Å². The summed E-state index contributed by atoms with van der Waals surface area (Å²) in [6, 6.07) is 0.0625. The molecule has 2 heterocycles. The fourth-order valence-electron chi connectivity index (χ4n) is 1.56. The maximum absolute atomic E-state index is 10.9. The molecule has 2 aliphatic rings. The van der Waals surface area contributed by atoms with Crippen LogP contribution in [0.15, 0.2) is 12.5 Å². The van der Waals surface area contributed by atoms with Gasteiger partial charge >= 0.3 is 0 Å². The summed E-state index contributed by atoms with van der Waals surface area (Å²) >= 11 is 0. The Kier molecular flexibility index (Phi) is 1.65. The van der Waals surface area contributed by atoms with Gasteiger partial charge in [0, 0.05) is 6.54 Å². The monoisotopic (exact) mass is 169 g/mol. The lowest BCUT2D eigenvalue weighted by Crippen LogP contribution is -2.42. The highest BCUT2D eigenvalue weighted by atomic mass is 16.5. The molecule has 2 rings (SSSR count). The normalized spacial score (nSPS) is 32.8. The Morgan fingerprint density at radius 2 is 2.58 bits per heavy atom. The maximum Gasteiger partial charge on any atom is 0.224 e. The molecule has 2 unspecified atom stereocenters. The van der Waals surface area contributed by atoms with Crippen molar-refractivity contribution in [1.82, 2.24) is 10.4 Å². The smallest absolute Gasteiger partial charge is 0.224 e. The highest BCUT2D eigenvalue weighted by Gasteiger charge is 2.37. The molecule has 0 aromatic rings. The Bertz CT molecular complexity index is 229. The second kappa shape index (κ2) is 2.67. The SMILES string of the molecule is NC(=O)C1CNN2C=COCC12. The average molecular weight is 169 g/mol. The van der Waals surface area contributed by atoms with E-state index in [1.807, 2.05) is 5.01 Å². The van der Waals surface area contributed by atoms with Crippen LogP contribution in [0.25, 0.3) is 0 Å². The number of hydrogen-bond donors (Lipinski definition) is 2. The number of ether oxygens (including phenoxy) is 1. The molecule has 0 saturated carbocycles. The van der Waals surface area contributed by atoms with E-state index in [1.54, 1.807) is 12.5 Å². The summed E-state index contributed by atoms with van der Waals surface area (Å²) in [6.45, 7) is 1.13. The Hall–Kier alpha value is -1.23. The molecule has 0 aromatic carbocycles. The molecule has 1 fully saturated rings. The van der Waals surface area contributed by atoms with Crippen LogP contribution in [-0.2, 0) is 9.53 Å². The van der Waals surface area contributed by atoms with Crippen molar-refractivity contribution in [3.63, 3.8) is 0 Å². The second-order valence-electron chi connectivity index (χ2n) is 2.96. The van der Waals surface area contributed by atoms with Gasteiger partial charge in [-0.1, -0.05) is 0 Å². The van der Waals surface area contributed by atoms with E-state index in [0.29, 0.717) is 13.2 Å². The number of carbonyl (C=O) groups is 1. The van der Waals surface area contributed by atoms with Crippen LogP contribution in [0.2, 0.25) is 0 Å². The van der Waals surface area contributed by atoms with Crippen LogP contribution >= 0.6 is 0 Å². The summed E-state index contributed by atoms with van der Waals surface area (Å²) < 4.78 is 5.09. The Balaban J connectivity index is 2.13. The van der Waals surface area contributed by atoms with Crippen LogP contribution in [0.4, 0.5) is 0 Å². The van der Waals surface area contributed by atoms with Crippen molar-refractivity contribution in [2.75, 3.05) is 13.2 Å². The number of hydrogen-bond acceptors (Lipinski definition) is 4. The predicted octanol–water partition coefficient (Wildman–Crippen LogP) is -1.22. The fourth-order valence-corrected chi connectivity index (χ4v) is 1.56. The van der Waals surface area contributed by atoms with E-state index < -0.39 is 0 Å². The van der Waals surface area contributed by atoms with Gasteiger partial charge in [-0.15, -0.1) is 0 Å². The quantitative estimate of drug-likeness (QED) is 0.516. The van der Waals surface area contributed by atoms with Crippen LogP contribution in [0.1, 0.15) is 0 Å². The molecule has 1 saturated heterocycles. The molecule has 66 valence electrons. The molecule has 2 atom stereocenters. The predicted molar refractivity (Wildman–Crippen MR) is 41.4 cm³/mol. The van der Waals surface area contributed by atoms with Crippen LogP contribution in [0.3, 0.4) is 0 Å². The minimum absolute atomic E-state index is 0.0625. The molecular formula is C7H11N3O2. The van der Waals surface area contributed by atoms with Gasteiger partial charge in [0.05, 0.1) is 18.2 Å². The Labute approximate surface area is 70.1 Å². The van der Waals surface area contributed by atoms with E-state index in [1.165, 1.54) is 0 Å². The summed E-state index contributed by atoms with van der Waals surface area (Å²) in [4.78, 5) is 10.9. The number of fused-ring (bicyclic) bond motifs is 1. The molecule has 2 aliphatic heterocycles. The van der Waals surface area contributed by atoms with E-state index in [2.05, 4.69) is 5.43 Å². The van der Waals surface area contributed by atoms with Gasteiger partial charge in [0.15, 0.2) is 0 Å². The van der Waals surface area contributed by atoms with Crippen molar-refractivity contribution in [3.05, 3.63) is 12.5 Å². The van der Waals surface area contributed by atoms with E-state index in [-0.39, 0.29) is 17.9 Å². The summed E-state index contributed by atoms with van der Waals surface area (Å²) in [7, 11) is 0.